The van der Waals surface area contributed by atoms with Crippen molar-refractivity contribution in [1.29, 1.82) is 0 Å². The Morgan fingerprint density at radius 3 is 2.36 bits per heavy atom. The van der Waals surface area contributed by atoms with Crippen molar-refractivity contribution >= 4 is 21.6 Å². The van der Waals surface area contributed by atoms with E-state index in [2.05, 4.69) is 5.43 Å². The van der Waals surface area contributed by atoms with Crippen molar-refractivity contribution in [2.45, 2.75) is 11.8 Å². The highest BCUT2D eigenvalue weighted by Crippen LogP contribution is 2.23. The number of nitrogens with zero attached hydrogens (tertiary/aromatic N) is 2. The molecule has 2 saturated heterocycles. The number of carbonyl (C=O) groups excluding carboxylic acids is 1. The molecule has 1 amide bonds. The molecule has 8 heteroatoms. The van der Waals surface area contributed by atoms with Crippen LogP contribution < -0.4 is 10.4 Å². The van der Waals surface area contributed by atoms with Crippen LogP contribution in [0.15, 0.2) is 29.2 Å². The molecule has 120 valence electrons. The highest BCUT2D eigenvalue weighted by Gasteiger charge is 2.28. The predicted molar refractivity (Wildman–Crippen MR) is 80.7 cm³/mol. The van der Waals surface area contributed by atoms with Crippen LogP contribution in [-0.2, 0) is 19.6 Å². The van der Waals surface area contributed by atoms with Gasteiger partial charge in [-0.2, -0.15) is 4.31 Å². The molecular formula is C14H19N3O4S. The number of hydrazine groups is 1. The summed E-state index contributed by atoms with van der Waals surface area (Å²) >= 11 is 0. The number of hydrogen-bond acceptors (Lipinski definition) is 5. The molecule has 2 heterocycles. The Morgan fingerprint density at radius 1 is 1.18 bits per heavy atom. The summed E-state index contributed by atoms with van der Waals surface area (Å²) in [6.45, 7) is 4.04. The van der Waals surface area contributed by atoms with Gasteiger partial charge in [0.15, 0.2) is 0 Å². The van der Waals surface area contributed by atoms with Gasteiger partial charge in [0.1, 0.15) is 0 Å². The minimum Gasteiger partial charge on any atom is -0.379 e. The van der Waals surface area contributed by atoms with E-state index in [0.717, 1.165) is 5.69 Å². The van der Waals surface area contributed by atoms with E-state index in [-0.39, 0.29) is 16.7 Å². The lowest BCUT2D eigenvalue weighted by atomic mass is 10.2. The van der Waals surface area contributed by atoms with Gasteiger partial charge >= 0.3 is 0 Å². The average Bonchev–Trinajstić information content (AvgIpc) is 2.88. The second-order valence-corrected chi connectivity index (χ2v) is 7.44. The fourth-order valence-electron chi connectivity index (χ4n) is 2.55. The van der Waals surface area contributed by atoms with Crippen molar-refractivity contribution in [2.24, 2.45) is 5.92 Å². The van der Waals surface area contributed by atoms with Crippen molar-refractivity contribution in [2.75, 3.05) is 37.9 Å². The Hall–Kier alpha value is -1.64. The molecule has 0 aromatic heterocycles. The standard InChI is InChI=1S/C14H19N3O4S/c1-11-10-17(15-14(11)18)12-2-4-13(5-3-12)22(19,20)16-6-8-21-9-7-16/h2-5,11H,6-10H2,1H3,(H,15,18)/t11-/m0/s1. The van der Waals surface area contributed by atoms with Crippen LogP contribution in [0, 0.1) is 5.92 Å². The van der Waals surface area contributed by atoms with Crippen LogP contribution in [0.5, 0.6) is 0 Å². The van der Waals surface area contributed by atoms with E-state index >= 15 is 0 Å². The summed E-state index contributed by atoms with van der Waals surface area (Å²) in [5.41, 5.74) is 3.54. The van der Waals surface area contributed by atoms with E-state index in [1.807, 2.05) is 6.92 Å². The van der Waals surface area contributed by atoms with Gasteiger partial charge < -0.3 is 4.74 Å². The van der Waals surface area contributed by atoms with E-state index in [0.29, 0.717) is 32.8 Å². The number of nitrogens with one attached hydrogen (secondary N) is 1. The molecule has 2 aliphatic heterocycles. The van der Waals surface area contributed by atoms with E-state index < -0.39 is 10.0 Å². The van der Waals surface area contributed by atoms with E-state index in [1.165, 1.54) is 4.31 Å². The molecule has 1 N–H and O–H groups in total. The van der Waals surface area contributed by atoms with E-state index in [4.69, 9.17) is 4.74 Å². The Morgan fingerprint density at radius 2 is 1.82 bits per heavy atom. The first kappa shape index (κ1) is 15.3. The molecule has 1 aromatic rings. The highest BCUT2D eigenvalue weighted by molar-refractivity contribution is 7.89. The summed E-state index contributed by atoms with van der Waals surface area (Å²) in [7, 11) is -3.48. The van der Waals surface area contributed by atoms with Crippen LogP contribution in [0.4, 0.5) is 5.69 Å². The highest BCUT2D eigenvalue weighted by atomic mass is 32.2. The predicted octanol–water partition coefficient (Wildman–Crippen LogP) is 0.195. The fraction of sp³-hybridized carbons (Fsp3) is 0.500. The summed E-state index contributed by atoms with van der Waals surface area (Å²) < 4.78 is 31.6. The maximum Gasteiger partial charge on any atom is 0.243 e. The van der Waals surface area contributed by atoms with Crippen molar-refractivity contribution in [3.8, 4) is 0 Å². The van der Waals surface area contributed by atoms with Crippen LogP contribution in [0.2, 0.25) is 0 Å². The lowest BCUT2D eigenvalue weighted by molar-refractivity contribution is -0.121. The molecule has 3 rings (SSSR count). The first-order chi connectivity index (χ1) is 10.5. The number of carbonyl (C=O) groups is 1. The fourth-order valence-corrected chi connectivity index (χ4v) is 3.96. The maximum atomic E-state index is 12.5. The monoisotopic (exact) mass is 325 g/mol. The molecule has 0 unspecified atom stereocenters. The van der Waals surface area contributed by atoms with Gasteiger partial charge in [-0.1, -0.05) is 6.92 Å². The van der Waals surface area contributed by atoms with Gasteiger partial charge in [-0.3, -0.25) is 15.2 Å². The number of amides is 1. The maximum absolute atomic E-state index is 12.5. The van der Waals surface area contributed by atoms with Crippen LogP contribution in [0.1, 0.15) is 6.92 Å². The zero-order valence-corrected chi connectivity index (χ0v) is 13.2. The van der Waals surface area contributed by atoms with Gasteiger partial charge in [0, 0.05) is 13.1 Å². The van der Waals surface area contributed by atoms with Gasteiger partial charge in [-0.25, -0.2) is 8.42 Å². The van der Waals surface area contributed by atoms with Gasteiger partial charge in [0.2, 0.25) is 15.9 Å². The first-order valence-electron chi connectivity index (χ1n) is 7.24. The topological polar surface area (TPSA) is 79.0 Å². The molecule has 0 aliphatic carbocycles. The van der Waals surface area contributed by atoms with Gasteiger partial charge in [-0.05, 0) is 24.3 Å². The number of ether oxygens (including phenoxy) is 1. The molecule has 0 saturated carbocycles. The lowest BCUT2D eigenvalue weighted by Crippen LogP contribution is -2.40. The summed E-state index contributed by atoms with van der Waals surface area (Å²) in [6.07, 6.45) is 0. The third-order valence-electron chi connectivity index (χ3n) is 3.91. The minimum atomic E-state index is -3.48. The molecule has 2 aliphatic rings. The molecule has 0 spiro atoms. The van der Waals surface area contributed by atoms with Gasteiger partial charge in [0.25, 0.3) is 0 Å². The van der Waals surface area contributed by atoms with Crippen molar-refractivity contribution in [3.63, 3.8) is 0 Å². The molecule has 7 nitrogen and oxygen atoms in total. The quantitative estimate of drug-likeness (QED) is 0.858. The van der Waals surface area contributed by atoms with Crippen molar-refractivity contribution < 1.29 is 17.9 Å². The Kier molecular flexibility index (Phi) is 4.07. The van der Waals surface area contributed by atoms with Gasteiger partial charge in [-0.15, -0.1) is 0 Å². The zero-order chi connectivity index (χ0) is 15.7. The van der Waals surface area contributed by atoms with Crippen LogP contribution in [-0.4, -0.2) is 51.5 Å². The normalized spacial score (nSPS) is 23.6. The van der Waals surface area contributed by atoms with Crippen LogP contribution in [0.25, 0.3) is 0 Å². The number of hydrogen-bond donors (Lipinski definition) is 1. The number of morpholine rings is 1. The van der Waals surface area contributed by atoms with E-state index in [9.17, 15) is 13.2 Å². The second-order valence-electron chi connectivity index (χ2n) is 5.50. The summed E-state index contributed by atoms with van der Waals surface area (Å²) in [4.78, 5) is 11.8. The summed E-state index contributed by atoms with van der Waals surface area (Å²) in [5, 5.41) is 1.73. The lowest BCUT2D eigenvalue weighted by Gasteiger charge is -2.26. The SMILES string of the molecule is C[C@H]1CN(c2ccc(S(=O)(=O)N3CCOCC3)cc2)NC1=O. The molecule has 0 radical (unpaired) electrons. The molecule has 1 atom stereocenters. The third-order valence-corrected chi connectivity index (χ3v) is 5.82. The van der Waals surface area contributed by atoms with Crippen molar-refractivity contribution in [3.05, 3.63) is 24.3 Å². The molecular weight excluding hydrogens is 306 g/mol. The zero-order valence-electron chi connectivity index (χ0n) is 12.4. The molecule has 1 aromatic carbocycles. The Labute approximate surface area is 129 Å². The summed E-state index contributed by atoms with van der Waals surface area (Å²) in [6, 6.07) is 6.59. The van der Waals surface area contributed by atoms with Gasteiger partial charge in [0.05, 0.1) is 36.3 Å². The van der Waals surface area contributed by atoms with E-state index in [1.54, 1.807) is 29.3 Å². The number of anilines is 1. The second kappa shape index (κ2) is 5.86. The number of sulfonamides is 1. The Bertz CT molecular complexity index is 653. The van der Waals surface area contributed by atoms with Crippen LogP contribution >= 0.6 is 0 Å². The number of benzene rings is 1. The van der Waals surface area contributed by atoms with Crippen LogP contribution in [0.3, 0.4) is 0 Å². The average molecular weight is 325 g/mol. The molecule has 22 heavy (non-hydrogen) atoms. The smallest absolute Gasteiger partial charge is 0.243 e. The molecule has 2 fully saturated rings. The molecule has 0 bridgehead atoms. The number of rotatable bonds is 3. The first-order valence-corrected chi connectivity index (χ1v) is 8.68. The largest absolute Gasteiger partial charge is 0.379 e. The van der Waals surface area contributed by atoms with Crippen molar-refractivity contribution in [1.82, 2.24) is 9.73 Å². The minimum absolute atomic E-state index is 0.0231. The third kappa shape index (κ3) is 2.81. The Balaban J connectivity index is 1.78. The summed E-state index contributed by atoms with van der Waals surface area (Å²) in [5.74, 6) is -0.0956.